The van der Waals surface area contributed by atoms with E-state index >= 15 is 0 Å². The highest BCUT2D eigenvalue weighted by molar-refractivity contribution is 7.13. The fourth-order valence-electron chi connectivity index (χ4n) is 1.89. The van der Waals surface area contributed by atoms with E-state index in [4.69, 9.17) is 0 Å². The van der Waals surface area contributed by atoms with Crippen LogP contribution in [0.15, 0.2) is 48.2 Å². The Bertz CT molecular complexity index is 804. The van der Waals surface area contributed by atoms with E-state index in [1.54, 1.807) is 29.3 Å². The van der Waals surface area contributed by atoms with Crippen molar-refractivity contribution in [1.82, 2.24) is 19.7 Å². The standard InChI is InChI=1S/C16H14N4OS/c1-2-20-10-12(9-18-20)15(21)7-6-13-11-22-16(19-13)14-5-3-4-8-17-14/h3-11H,2H2,1H3/b7-6+. The molecule has 0 aliphatic heterocycles. The van der Waals surface area contributed by atoms with Gasteiger partial charge in [-0.15, -0.1) is 11.3 Å². The van der Waals surface area contributed by atoms with Crippen LogP contribution in [-0.2, 0) is 6.54 Å². The van der Waals surface area contributed by atoms with Crippen LogP contribution in [0.2, 0.25) is 0 Å². The van der Waals surface area contributed by atoms with Crippen molar-refractivity contribution >= 4 is 23.2 Å². The van der Waals surface area contributed by atoms with Gasteiger partial charge in [0.2, 0.25) is 0 Å². The van der Waals surface area contributed by atoms with E-state index in [2.05, 4.69) is 15.1 Å². The van der Waals surface area contributed by atoms with Gasteiger partial charge in [0, 0.05) is 24.3 Å². The molecule has 0 fully saturated rings. The number of aryl methyl sites for hydroxylation is 1. The maximum absolute atomic E-state index is 12.0. The molecule has 110 valence electrons. The largest absolute Gasteiger partial charge is 0.289 e. The van der Waals surface area contributed by atoms with Crippen molar-refractivity contribution in [3.8, 4) is 10.7 Å². The van der Waals surface area contributed by atoms with Crippen LogP contribution in [0.5, 0.6) is 0 Å². The van der Waals surface area contributed by atoms with Crippen molar-refractivity contribution in [2.24, 2.45) is 0 Å². The molecule has 3 rings (SSSR count). The minimum atomic E-state index is -0.0768. The van der Waals surface area contributed by atoms with E-state index in [-0.39, 0.29) is 5.78 Å². The molecule has 0 unspecified atom stereocenters. The minimum absolute atomic E-state index is 0.0768. The third-order valence-corrected chi connectivity index (χ3v) is 3.94. The van der Waals surface area contributed by atoms with Crippen molar-refractivity contribution in [3.05, 3.63) is 59.5 Å². The minimum Gasteiger partial charge on any atom is -0.289 e. The van der Waals surface area contributed by atoms with Crippen LogP contribution in [0.1, 0.15) is 23.0 Å². The molecule has 22 heavy (non-hydrogen) atoms. The predicted octanol–water partition coefficient (Wildman–Crippen LogP) is 3.32. The van der Waals surface area contributed by atoms with E-state index in [9.17, 15) is 4.79 Å². The van der Waals surface area contributed by atoms with Gasteiger partial charge in [0.15, 0.2) is 5.78 Å². The molecular formula is C16H14N4OS. The van der Waals surface area contributed by atoms with Crippen molar-refractivity contribution in [2.45, 2.75) is 13.5 Å². The van der Waals surface area contributed by atoms with E-state index in [0.29, 0.717) is 5.56 Å². The SMILES string of the molecule is CCn1cc(C(=O)/C=C/c2csc(-c3ccccn3)n2)cn1. The molecule has 5 nitrogen and oxygen atoms in total. The second kappa shape index (κ2) is 6.44. The zero-order chi connectivity index (χ0) is 15.4. The molecule has 0 saturated heterocycles. The van der Waals surface area contributed by atoms with E-state index < -0.39 is 0 Å². The Morgan fingerprint density at radius 2 is 2.32 bits per heavy atom. The lowest BCUT2D eigenvalue weighted by molar-refractivity contribution is 0.104. The fourth-order valence-corrected chi connectivity index (χ4v) is 2.65. The van der Waals surface area contributed by atoms with Crippen LogP contribution in [0.25, 0.3) is 16.8 Å². The number of rotatable bonds is 5. The number of ketones is 1. The van der Waals surface area contributed by atoms with Gasteiger partial charge in [-0.2, -0.15) is 5.10 Å². The highest BCUT2D eigenvalue weighted by Gasteiger charge is 2.06. The van der Waals surface area contributed by atoms with Crippen LogP contribution < -0.4 is 0 Å². The maximum atomic E-state index is 12.0. The Labute approximate surface area is 132 Å². The molecule has 0 spiro atoms. The summed E-state index contributed by atoms with van der Waals surface area (Å²) in [6, 6.07) is 5.71. The van der Waals surface area contributed by atoms with Gasteiger partial charge in [-0.1, -0.05) is 6.07 Å². The van der Waals surface area contributed by atoms with Crippen molar-refractivity contribution < 1.29 is 4.79 Å². The molecule has 0 aliphatic rings. The number of aromatic nitrogens is 4. The van der Waals surface area contributed by atoms with E-state index in [1.807, 2.05) is 30.5 Å². The smallest absolute Gasteiger partial charge is 0.189 e. The second-order valence-corrected chi connectivity index (χ2v) is 5.43. The number of hydrogen-bond acceptors (Lipinski definition) is 5. The van der Waals surface area contributed by atoms with Crippen LogP contribution >= 0.6 is 11.3 Å². The van der Waals surface area contributed by atoms with E-state index in [1.165, 1.54) is 17.4 Å². The molecular weight excluding hydrogens is 296 g/mol. The molecule has 0 amide bonds. The first-order valence-electron chi connectivity index (χ1n) is 6.88. The molecule has 3 aromatic rings. The topological polar surface area (TPSA) is 60.7 Å². The number of carbonyl (C=O) groups excluding carboxylic acids is 1. The van der Waals surface area contributed by atoms with Gasteiger partial charge in [-0.3, -0.25) is 14.5 Å². The summed E-state index contributed by atoms with van der Waals surface area (Å²) in [5, 5.41) is 6.84. The first kappa shape index (κ1) is 14.3. The molecule has 3 aromatic heterocycles. The lowest BCUT2D eigenvalue weighted by Crippen LogP contribution is -1.94. The summed E-state index contributed by atoms with van der Waals surface area (Å²) in [4.78, 5) is 20.8. The summed E-state index contributed by atoms with van der Waals surface area (Å²) >= 11 is 1.51. The van der Waals surface area contributed by atoms with Crippen molar-refractivity contribution in [1.29, 1.82) is 0 Å². The summed E-state index contributed by atoms with van der Waals surface area (Å²) in [6.07, 6.45) is 8.30. The van der Waals surface area contributed by atoms with Crippen LogP contribution in [0, 0.1) is 0 Å². The second-order valence-electron chi connectivity index (χ2n) is 4.57. The first-order chi connectivity index (χ1) is 10.8. The summed E-state index contributed by atoms with van der Waals surface area (Å²) in [5.41, 5.74) is 2.17. The third-order valence-electron chi connectivity index (χ3n) is 3.05. The summed E-state index contributed by atoms with van der Waals surface area (Å²) in [5.74, 6) is -0.0768. The average molecular weight is 310 g/mol. The van der Waals surface area contributed by atoms with Crippen LogP contribution in [-0.4, -0.2) is 25.5 Å². The molecule has 0 aliphatic carbocycles. The Morgan fingerprint density at radius 1 is 1.41 bits per heavy atom. The molecule has 0 aromatic carbocycles. The number of nitrogens with zero attached hydrogens (tertiary/aromatic N) is 4. The fraction of sp³-hybridized carbons (Fsp3) is 0.125. The van der Waals surface area contributed by atoms with Gasteiger partial charge in [0.25, 0.3) is 0 Å². The van der Waals surface area contributed by atoms with Gasteiger partial charge in [-0.05, 0) is 31.2 Å². The zero-order valence-corrected chi connectivity index (χ0v) is 12.8. The van der Waals surface area contributed by atoms with Gasteiger partial charge in [-0.25, -0.2) is 4.98 Å². The van der Waals surface area contributed by atoms with Gasteiger partial charge in [0.05, 0.1) is 23.1 Å². The lowest BCUT2D eigenvalue weighted by atomic mass is 10.2. The van der Waals surface area contributed by atoms with Crippen molar-refractivity contribution in [2.75, 3.05) is 0 Å². The molecule has 0 N–H and O–H groups in total. The molecule has 3 heterocycles. The highest BCUT2D eigenvalue weighted by Crippen LogP contribution is 2.21. The Balaban J connectivity index is 1.73. The summed E-state index contributed by atoms with van der Waals surface area (Å²) < 4.78 is 1.73. The number of carbonyl (C=O) groups is 1. The highest BCUT2D eigenvalue weighted by atomic mass is 32.1. The van der Waals surface area contributed by atoms with Crippen LogP contribution in [0.4, 0.5) is 0 Å². The number of thiazole rings is 1. The Hall–Kier alpha value is -2.60. The van der Waals surface area contributed by atoms with E-state index in [0.717, 1.165) is 22.9 Å². The quantitative estimate of drug-likeness (QED) is 0.536. The maximum Gasteiger partial charge on any atom is 0.189 e. The lowest BCUT2D eigenvalue weighted by Gasteiger charge is -1.92. The molecule has 6 heteroatoms. The normalized spacial score (nSPS) is 11.1. The monoisotopic (exact) mass is 310 g/mol. The number of allylic oxidation sites excluding steroid dienone is 1. The van der Waals surface area contributed by atoms with Gasteiger partial charge in [0.1, 0.15) is 5.01 Å². The molecule has 0 saturated carbocycles. The molecule has 0 atom stereocenters. The molecule has 0 bridgehead atoms. The summed E-state index contributed by atoms with van der Waals surface area (Å²) in [6.45, 7) is 2.72. The first-order valence-corrected chi connectivity index (χ1v) is 7.76. The molecule has 0 radical (unpaired) electrons. The average Bonchev–Trinajstić information content (AvgIpc) is 3.22. The Morgan fingerprint density at radius 3 is 3.05 bits per heavy atom. The third kappa shape index (κ3) is 3.17. The van der Waals surface area contributed by atoms with Crippen molar-refractivity contribution in [3.63, 3.8) is 0 Å². The number of pyridine rings is 1. The zero-order valence-electron chi connectivity index (χ0n) is 12.0. The predicted molar refractivity (Wildman–Crippen MR) is 86.6 cm³/mol. The Kier molecular flexibility index (Phi) is 4.20. The van der Waals surface area contributed by atoms with Crippen LogP contribution in [0.3, 0.4) is 0 Å². The summed E-state index contributed by atoms with van der Waals surface area (Å²) in [7, 11) is 0. The van der Waals surface area contributed by atoms with Gasteiger partial charge >= 0.3 is 0 Å². The number of hydrogen-bond donors (Lipinski definition) is 0. The van der Waals surface area contributed by atoms with Gasteiger partial charge < -0.3 is 0 Å².